The molecule has 1 heterocycles. The zero-order valence-corrected chi connectivity index (χ0v) is 8.85. The van der Waals surface area contributed by atoms with Gasteiger partial charge in [0.25, 0.3) is 0 Å². The number of rotatable bonds is 3. The van der Waals surface area contributed by atoms with Crippen LogP contribution in [0.2, 0.25) is 0 Å². The highest BCUT2D eigenvalue weighted by molar-refractivity contribution is 5.74. The van der Waals surface area contributed by atoms with Crippen LogP contribution >= 0.6 is 0 Å². The van der Waals surface area contributed by atoms with Crippen LogP contribution in [0.15, 0.2) is 24.3 Å². The van der Waals surface area contributed by atoms with E-state index in [-0.39, 0.29) is 5.54 Å². The van der Waals surface area contributed by atoms with Crippen LogP contribution in [0, 0.1) is 0 Å². The van der Waals surface area contributed by atoms with Gasteiger partial charge in [0.2, 0.25) is 5.95 Å². The molecule has 0 bridgehead atoms. The summed E-state index contributed by atoms with van der Waals surface area (Å²) in [6.45, 7) is 0.614. The first-order chi connectivity index (χ1) is 7.81. The Labute approximate surface area is 93.1 Å². The number of para-hydroxylation sites is 1. The fourth-order valence-electron chi connectivity index (χ4n) is 1.70. The number of nitrogens with two attached hydrogens (primary N) is 1. The van der Waals surface area contributed by atoms with Crippen molar-refractivity contribution < 1.29 is 0 Å². The molecule has 5 nitrogen and oxygen atoms in total. The average molecular weight is 215 g/mol. The third-order valence-corrected chi connectivity index (χ3v) is 2.98. The minimum Gasteiger partial charge on any atom is -0.346 e. The van der Waals surface area contributed by atoms with Gasteiger partial charge in [-0.05, 0) is 25.0 Å². The molecule has 1 fully saturated rings. The second-order valence-corrected chi connectivity index (χ2v) is 4.23. The van der Waals surface area contributed by atoms with Gasteiger partial charge in [0, 0.05) is 6.54 Å². The molecule has 3 rings (SSSR count). The summed E-state index contributed by atoms with van der Waals surface area (Å²) in [4.78, 5) is 4.41. The van der Waals surface area contributed by atoms with Crippen molar-refractivity contribution in [3.63, 3.8) is 0 Å². The zero-order valence-electron chi connectivity index (χ0n) is 8.85. The molecule has 1 aromatic carbocycles. The Morgan fingerprint density at radius 1 is 1.19 bits per heavy atom. The Kier molecular flexibility index (Phi) is 2.00. The molecule has 0 spiro atoms. The fourth-order valence-corrected chi connectivity index (χ4v) is 1.70. The van der Waals surface area contributed by atoms with Gasteiger partial charge in [0.15, 0.2) is 0 Å². The minimum atomic E-state index is 0.0180. The Balaban J connectivity index is 1.93. The van der Waals surface area contributed by atoms with E-state index in [4.69, 9.17) is 5.73 Å². The van der Waals surface area contributed by atoms with Crippen molar-refractivity contribution in [3.8, 4) is 0 Å². The van der Waals surface area contributed by atoms with E-state index in [9.17, 15) is 0 Å². The number of nitrogens with zero attached hydrogens (tertiary/aromatic N) is 3. The van der Waals surface area contributed by atoms with Gasteiger partial charge >= 0.3 is 0 Å². The van der Waals surface area contributed by atoms with Crippen molar-refractivity contribution >= 4 is 17.0 Å². The molecule has 0 aliphatic heterocycles. The normalized spacial score (nSPS) is 17.3. The molecule has 2 aromatic rings. The number of anilines is 1. The summed E-state index contributed by atoms with van der Waals surface area (Å²) in [6, 6.07) is 7.69. The predicted octanol–water partition coefficient (Wildman–Crippen LogP) is 0.928. The standard InChI is InChI=1S/C11H13N5/c12-7-11(5-6-11)14-10-13-8-3-1-2-4-9(8)15-16-10/h1-4H,5-7,12H2,(H,13,14,16). The van der Waals surface area contributed by atoms with Crippen LogP contribution in [0.4, 0.5) is 5.95 Å². The predicted molar refractivity (Wildman–Crippen MR) is 62.0 cm³/mol. The lowest BCUT2D eigenvalue weighted by Crippen LogP contribution is -2.31. The second-order valence-electron chi connectivity index (χ2n) is 4.23. The number of fused-ring (bicyclic) bond motifs is 1. The summed E-state index contributed by atoms with van der Waals surface area (Å²) in [5.74, 6) is 0.571. The molecule has 1 aliphatic rings. The molecule has 3 N–H and O–H groups in total. The third kappa shape index (κ3) is 1.59. The van der Waals surface area contributed by atoms with E-state index in [2.05, 4.69) is 20.5 Å². The van der Waals surface area contributed by atoms with Gasteiger partial charge in [-0.1, -0.05) is 12.1 Å². The zero-order chi connectivity index (χ0) is 11.0. The Hall–Kier alpha value is -1.75. The lowest BCUT2D eigenvalue weighted by molar-refractivity contribution is 0.727. The Morgan fingerprint density at radius 2 is 1.94 bits per heavy atom. The molecule has 0 radical (unpaired) electrons. The topological polar surface area (TPSA) is 76.7 Å². The average Bonchev–Trinajstić information content (AvgIpc) is 3.09. The maximum Gasteiger partial charge on any atom is 0.243 e. The first kappa shape index (κ1) is 9.47. The van der Waals surface area contributed by atoms with Crippen LogP contribution in [0.25, 0.3) is 11.0 Å². The van der Waals surface area contributed by atoms with Crippen molar-refractivity contribution in [1.29, 1.82) is 0 Å². The van der Waals surface area contributed by atoms with Crippen LogP contribution in [-0.2, 0) is 0 Å². The Bertz CT molecular complexity index is 521. The number of hydrogen-bond acceptors (Lipinski definition) is 5. The molecule has 82 valence electrons. The highest BCUT2D eigenvalue weighted by atomic mass is 15.3. The molecule has 0 unspecified atom stereocenters. The fraction of sp³-hybridized carbons (Fsp3) is 0.364. The van der Waals surface area contributed by atoms with Crippen LogP contribution in [0.5, 0.6) is 0 Å². The molecule has 0 atom stereocenters. The highest BCUT2D eigenvalue weighted by Crippen LogP contribution is 2.36. The van der Waals surface area contributed by atoms with Crippen LogP contribution in [-0.4, -0.2) is 27.3 Å². The van der Waals surface area contributed by atoms with Gasteiger partial charge in [-0.2, -0.15) is 0 Å². The first-order valence-corrected chi connectivity index (χ1v) is 5.39. The molecule has 1 saturated carbocycles. The van der Waals surface area contributed by atoms with Gasteiger partial charge < -0.3 is 11.1 Å². The van der Waals surface area contributed by atoms with Gasteiger partial charge in [0.1, 0.15) is 5.52 Å². The molecule has 1 aromatic heterocycles. The van der Waals surface area contributed by atoms with E-state index in [1.165, 1.54) is 0 Å². The minimum absolute atomic E-state index is 0.0180. The number of hydrogen-bond donors (Lipinski definition) is 2. The number of nitrogens with one attached hydrogen (secondary N) is 1. The van der Waals surface area contributed by atoms with Gasteiger partial charge in [-0.15, -0.1) is 10.2 Å². The van der Waals surface area contributed by atoms with E-state index >= 15 is 0 Å². The van der Waals surface area contributed by atoms with Crippen LogP contribution < -0.4 is 11.1 Å². The maximum absolute atomic E-state index is 5.69. The summed E-state index contributed by atoms with van der Waals surface area (Å²) < 4.78 is 0. The van der Waals surface area contributed by atoms with Crippen molar-refractivity contribution in [2.75, 3.05) is 11.9 Å². The van der Waals surface area contributed by atoms with E-state index in [0.29, 0.717) is 12.5 Å². The molecular formula is C11H13N5. The van der Waals surface area contributed by atoms with Crippen molar-refractivity contribution in [3.05, 3.63) is 24.3 Å². The molecule has 5 heteroatoms. The number of benzene rings is 1. The van der Waals surface area contributed by atoms with Gasteiger partial charge in [0.05, 0.1) is 11.1 Å². The highest BCUT2D eigenvalue weighted by Gasteiger charge is 2.41. The van der Waals surface area contributed by atoms with Gasteiger partial charge in [-0.25, -0.2) is 4.98 Å². The van der Waals surface area contributed by atoms with E-state index in [1.807, 2.05) is 24.3 Å². The summed E-state index contributed by atoms with van der Waals surface area (Å²) in [7, 11) is 0. The maximum atomic E-state index is 5.69. The lowest BCUT2D eigenvalue weighted by atomic mass is 10.3. The monoisotopic (exact) mass is 215 g/mol. The largest absolute Gasteiger partial charge is 0.346 e. The van der Waals surface area contributed by atoms with Crippen molar-refractivity contribution in [2.24, 2.45) is 5.73 Å². The van der Waals surface area contributed by atoms with Crippen LogP contribution in [0.1, 0.15) is 12.8 Å². The Morgan fingerprint density at radius 3 is 2.62 bits per heavy atom. The molecule has 0 saturated heterocycles. The summed E-state index contributed by atoms with van der Waals surface area (Å²) in [6.07, 6.45) is 2.17. The summed E-state index contributed by atoms with van der Waals surface area (Å²) >= 11 is 0. The molecule has 1 aliphatic carbocycles. The quantitative estimate of drug-likeness (QED) is 0.796. The lowest BCUT2D eigenvalue weighted by Gasteiger charge is -2.13. The summed E-state index contributed by atoms with van der Waals surface area (Å²) in [5.41, 5.74) is 7.37. The second kappa shape index (κ2) is 3.38. The third-order valence-electron chi connectivity index (χ3n) is 2.98. The molecular weight excluding hydrogens is 202 g/mol. The SMILES string of the molecule is NCC1(Nc2nnc3ccccc3n2)CC1. The van der Waals surface area contributed by atoms with Crippen molar-refractivity contribution in [1.82, 2.24) is 15.2 Å². The van der Waals surface area contributed by atoms with Crippen molar-refractivity contribution in [2.45, 2.75) is 18.4 Å². The van der Waals surface area contributed by atoms with E-state index in [1.54, 1.807) is 0 Å². The molecule has 0 amide bonds. The summed E-state index contributed by atoms with van der Waals surface area (Å²) in [5, 5.41) is 11.4. The number of aromatic nitrogens is 3. The van der Waals surface area contributed by atoms with Gasteiger partial charge in [-0.3, -0.25) is 0 Å². The first-order valence-electron chi connectivity index (χ1n) is 5.39. The van der Waals surface area contributed by atoms with E-state index in [0.717, 1.165) is 23.9 Å². The smallest absolute Gasteiger partial charge is 0.243 e. The molecule has 16 heavy (non-hydrogen) atoms. The van der Waals surface area contributed by atoms with Crippen LogP contribution in [0.3, 0.4) is 0 Å². The van der Waals surface area contributed by atoms with E-state index < -0.39 is 0 Å².